The van der Waals surface area contributed by atoms with Crippen molar-refractivity contribution in [1.29, 1.82) is 0 Å². The Labute approximate surface area is 141 Å². The van der Waals surface area contributed by atoms with Crippen molar-refractivity contribution in [3.8, 4) is 0 Å². The van der Waals surface area contributed by atoms with Crippen molar-refractivity contribution in [2.24, 2.45) is 0 Å². The predicted molar refractivity (Wildman–Crippen MR) is 94.6 cm³/mol. The van der Waals surface area contributed by atoms with Crippen LogP contribution in [0.4, 0.5) is 0 Å². The van der Waals surface area contributed by atoms with E-state index in [4.69, 9.17) is 9.84 Å². The summed E-state index contributed by atoms with van der Waals surface area (Å²) in [6.07, 6.45) is 16.9. The van der Waals surface area contributed by atoms with Crippen LogP contribution in [0.2, 0.25) is 0 Å². The number of carboxylic acids is 1. The molecule has 2 N–H and O–H groups in total. The number of aliphatic hydroxyl groups is 1. The number of hydrogen-bond donors (Lipinski definition) is 2. The first-order valence-electron chi connectivity index (χ1n) is 8.84. The Morgan fingerprint density at radius 3 is 2.35 bits per heavy atom. The Morgan fingerprint density at radius 2 is 1.70 bits per heavy atom. The van der Waals surface area contributed by atoms with E-state index in [1.807, 2.05) is 13.0 Å². The number of aliphatic hydroxyl groups excluding tert-OH is 1. The van der Waals surface area contributed by atoms with Gasteiger partial charge < -0.3 is 14.9 Å². The fourth-order valence-electron chi connectivity index (χ4n) is 2.44. The Balaban J connectivity index is 3.46. The van der Waals surface area contributed by atoms with Crippen LogP contribution in [0.25, 0.3) is 0 Å². The van der Waals surface area contributed by atoms with Gasteiger partial charge in [0.15, 0.2) is 0 Å². The largest absolute Gasteiger partial charge is 0.481 e. The van der Waals surface area contributed by atoms with Crippen molar-refractivity contribution in [1.82, 2.24) is 0 Å². The van der Waals surface area contributed by atoms with E-state index in [1.54, 1.807) is 7.11 Å². The molecule has 0 amide bonds. The fourth-order valence-corrected chi connectivity index (χ4v) is 2.44. The second-order valence-electron chi connectivity index (χ2n) is 5.86. The van der Waals surface area contributed by atoms with Gasteiger partial charge in [-0.25, -0.2) is 0 Å². The van der Waals surface area contributed by atoms with Crippen LogP contribution in [0, 0.1) is 0 Å². The van der Waals surface area contributed by atoms with Crippen molar-refractivity contribution in [3.63, 3.8) is 0 Å². The van der Waals surface area contributed by atoms with E-state index in [2.05, 4.69) is 18.2 Å². The molecule has 4 heteroatoms. The molecule has 134 valence electrons. The summed E-state index contributed by atoms with van der Waals surface area (Å²) >= 11 is 0. The lowest BCUT2D eigenvalue weighted by Gasteiger charge is -2.18. The molecule has 0 radical (unpaired) electrons. The Hall–Kier alpha value is -1.13. The third-order valence-electron chi connectivity index (χ3n) is 3.88. The Bertz CT molecular complexity index is 332. The molecule has 0 aliphatic carbocycles. The number of carboxylic acid groups (broad SMARTS) is 1. The summed E-state index contributed by atoms with van der Waals surface area (Å²) in [5.41, 5.74) is 0. The third-order valence-corrected chi connectivity index (χ3v) is 3.88. The normalized spacial score (nSPS) is 14.6. The molecule has 23 heavy (non-hydrogen) atoms. The van der Waals surface area contributed by atoms with E-state index < -0.39 is 12.1 Å². The first-order chi connectivity index (χ1) is 11.1. The maximum Gasteiger partial charge on any atom is 0.303 e. The lowest BCUT2D eigenvalue weighted by molar-refractivity contribution is -0.137. The number of rotatable bonds is 15. The van der Waals surface area contributed by atoms with Crippen LogP contribution in [-0.2, 0) is 9.53 Å². The standard InChI is InChI=1S/C19H34O4/c1-3-18(23-2)17(20)15-13-11-9-7-5-4-6-8-10-12-14-16-19(21)22/h5,7,11,13,17-18,20H,3-4,6,8-10,12,14-16H2,1-2H3,(H,21,22)/b7-5-,13-11-/t17-,18+/m0/s1. The van der Waals surface area contributed by atoms with Gasteiger partial charge in [-0.15, -0.1) is 0 Å². The highest BCUT2D eigenvalue weighted by molar-refractivity contribution is 5.66. The summed E-state index contributed by atoms with van der Waals surface area (Å²) in [6.45, 7) is 2.01. The molecule has 2 atom stereocenters. The minimum absolute atomic E-state index is 0.0781. The summed E-state index contributed by atoms with van der Waals surface area (Å²) in [7, 11) is 1.63. The van der Waals surface area contributed by atoms with Crippen molar-refractivity contribution in [2.45, 2.75) is 83.3 Å². The number of aliphatic carboxylic acids is 1. The topological polar surface area (TPSA) is 66.8 Å². The summed E-state index contributed by atoms with van der Waals surface area (Å²) in [4.78, 5) is 10.3. The minimum atomic E-state index is -0.694. The smallest absolute Gasteiger partial charge is 0.303 e. The van der Waals surface area contributed by atoms with Gasteiger partial charge >= 0.3 is 5.97 Å². The lowest BCUT2D eigenvalue weighted by atomic mass is 10.1. The molecule has 0 saturated heterocycles. The highest BCUT2D eigenvalue weighted by Crippen LogP contribution is 2.09. The van der Waals surface area contributed by atoms with E-state index in [1.165, 1.54) is 6.42 Å². The number of unbranched alkanes of at least 4 members (excludes halogenated alkanes) is 5. The molecule has 0 heterocycles. The van der Waals surface area contributed by atoms with E-state index >= 15 is 0 Å². The zero-order chi connectivity index (χ0) is 17.3. The molecule has 0 aromatic heterocycles. The first kappa shape index (κ1) is 21.9. The number of methoxy groups -OCH3 is 1. The van der Waals surface area contributed by atoms with Crippen LogP contribution in [0.3, 0.4) is 0 Å². The van der Waals surface area contributed by atoms with Crippen LogP contribution in [0.1, 0.15) is 71.1 Å². The molecule has 0 unspecified atom stereocenters. The number of hydrogen-bond acceptors (Lipinski definition) is 3. The summed E-state index contributed by atoms with van der Waals surface area (Å²) < 4.78 is 5.20. The van der Waals surface area contributed by atoms with Crippen LogP contribution in [-0.4, -0.2) is 35.5 Å². The predicted octanol–water partition coefficient (Wildman–Crippen LogP) is 4.48. The summed E-state index contributed by atoms with van der Waals surface area (Å²) in [5, 5.41) is 18.4. The molecule has 0 aromatic carbocycles. The fraction of sp³-hybridized carbons (Fsp3) is 0.737. The quantitative estimate of drug-likeness (QED) is 0.344. The molecule has 0 rings (SSSR count). The van der Waals surface area contributed by atoms with Gasteiger partial charge in [-0.3, -0.25) is 4.79 Å². The molecule has 0 aromatic rings. The second-order valence-corrected chi connectivity index (χ2v) is 5.86. The average molecular weight is 326 g/mol. The monoisotopic (exact) mass is 326 g/mol. The van der Waals surface area contributed by atoms with Crippen molar-refractivity contribution < 1.29 is 19.7 Å². The van der Waals surface area contributed by atoms with Crippen LogP contribution >= 0.6 is 0 Å². The average Bonchev–Trinajstić information content (AvgIpc) is 2.52. The van der Waals surface area contributed by atoms with Crippen LogP contribution < -0.4 is 0 Å². The van der Waals surface area contributed by atoms with Gasteiger partial charge in [-0.1, -0.05) is 50.5 Å². The van der Waals surface area contributed by atoms with Crippen molar-refractivity contribution in [2.75, 3.05) is 7.11 Å². The Kier molecular flexibility index (Phi) is 15.0. The number of allylic oxidation sites excluding steroid dienone is 3. The van der Waals surface area contributed by atoms with Gasteiger partial charge in [-0.05, 0) is 38.5 Å². The van der Waals surface area contributed by atoms with Gasteiger partial charge in [-0.2, -0.15) is 0 Å². The Morgan fingerprint density at radius 1 is 1.04 bits per heavy atom. The molecular formula is C19H34O4. The van der Waals surface area contributed by atoms with E-state index in [0.717, 1.165) is 44.9 Å². The zero-order valence-corrected chi connectivity index (χ0v) is 14.7. The molecule has 0 aliphatic rings. The maximum absolute atomic E-state index is 10.3. The zero-order valence-electron chi connectivity index (χ0n) is 14.7. The van der Waals surface area contributed by atoms with E-state index in [-0.39, 0.29) is 6.10 Å². The molecule has 0 aliphatic heterocycles. The van der Waals surface area contributed by atoms with Gasteiger partial charge in [0, 0.05) is 13.5 Å². The molecule has 0 bridgehead atoms. The first-order valence-corrected chi connectivity index (χ1v) is 8.84. The van der Waals surface area contributed by atoms with Gasteiger partial charge in [0.05, 0.1) is 12.2 Å². The lowest BCUT2D eigenvalue weighted by Crippen LogP contribution is -2.26. The molecule has 0 fully saturated rings. The highest BCUT2D eigenvalue weighted by atomic mass is 16.5. The summed E-state index contributed by atoms with van der Waals surface area (Å²) in [5.74, 6) is -0.694. The highest BCUT2D eigenvalue weighted by Gasteiger charge is 2.14. The molecule has 0 saturated carbocycles. The maximum atomic E-state index is 10.3. The molecule has 0 spiro atoms. The molecular weight excluding hydrogens is 292 g/mol. The van der Waals surface area contributed by atoms with Crippen molar-refractivity contribution in [3.05, 3.63) is 24.3 Å². The van der Waals surface area contributed by atoms with Gasteiger partial charge in [0.2, 0.25) is 0 Å². The van der Waals surface area contributed by atoms with E-state index in [9.17, 15) is 9.90 Å². The second kappa shape index (κ2) is 15.8. The van der Waals surface area contributed by atoms with Crippen LogP contribution in [0.5, 0.6) is 0 Å². The minimum Gasteiger partial charge on any atom is -0.481 e. The third kappa shape index (κ3) is 14.2. The summed E-state index contributed by atoms with van der Waals surface area (Å²) in [6, 6.07) is 0. The molecule has 4 nitrogen and oxygen atoms in total. The SMILES string of the molecule is CC[C@@H](OC)[C@@H](O)C/C=C\C/C=C\CCCCCCCC(=O)O. The number of carbonyl (C=O) groups is 1. The van der Waals surface area contributed by atoms with E-state index in [0.29, 0.717) is 12.8 Å². The van der Waals surface area contributed by atoms with Crippen molar-refractivity contribution >= 4 is 5.97 Å². The van der Waals surface area contributed by atoms with Crippen LogP contribution in [0.15, 0.2) is 24.3 Å². The van der Waals surface area contributed by atoms with Gasteiger partial charge in [0.1, 0.15) is 0 Å². The van der Waals surface area contributed by atoms with Gasteiger partial charge in [0.25, 0.3) is 0 Å². The number of ether oxygens (including phenoxy) is 1.